The molecule has 1 aromatic carbocycles. The van der Waals surface area contributed by atoms with Gasteiger partial charge in [-0.25, -0.2) is 0 Å². The number of benzene rings is 1. The van der Waals surface area contributed by atoms with Crippen LogP contribution in [0.5, 0.6) is 0 Å². The predicted molar refractivity (Wildman–Crippen MR) is 74.7 cm³/mol. The monoisotopic (exact) mass is 248 g/mol. The van der Waals surface area contributed by atoms with Crippen LogP contribution in [-0.4, -0.2) is 54.2 Å². The Bertz CT molecular complexity index is 364. The van der Waals surface area contributed by atoms with Crippen molar-refractivity contribution in [1.82, 2.24) is 9.80 Å². The average Bonchev–Trinajstić information content (AvgIpc) is 2.31. The standard InChI is InChI=1S/C15H24N2O/c1-13-9-14(2)11-15(10-13)12-17-5-3-16(4-6-17)7-8-18/h9-11,18H,3-8,12H2,1-2H3. The zero-order valence-corrected chi connectivity index (χ0v) is 11.5. The van der Waals surface area contributed by atoms with Crippen LogP contribution in [0.15, 0.2) is 18.2 Å². The van der Waals surface area contributed by atoms with E-state index in [2.05, 4.69) is 41.8 Å². The van der Waals surface area contributed by atoms with Crippen molar-refractivity contribution in [2.24, 2.45) is 0 Å². The lowest BCUT2D eigenvalue weighted by atomic mass is 10.1. The van der Waals surface area contributed by atoms with Crippen LogP contribution in [0.3, 0.4) is 0 Å². The van der Waals surface area contributed by atoms with Gasteiger partial charge in [0.05, 0.1) is 6.61 Å². The molecule has 100 valence electrons. The Morgan fingerprint density at radius 3 is 2.06 bits per heavy atom. The molecule has 1 aliphatic rings. The Morgan fingerprint density at radius 2 is 1.50 bits per heavy atom. The maximum absolute atomic E-state index is 8.93. The van der Waals surface area contributed by atoms with Crippen molar-refractivity contribution < 1.29 is 5.11 Å². The molecule has 0 saturated carbocycles. The number of aryl methyl sites for hydroxylation is 2. The maximum atomic E-state index is 8.93. The second-order valence-corrected chi connectivity index (χ2v) is 5.34. The van der Waals surface area contributed by atoms with E-state index in [0.29, 0.717) is 0 Å². The van der Waals surface area contributed by atoms with E-state index < -0.39 is 0 Å². The Balaban J connectivity index is 1.87. The summed E-state index contributed by atoms with van der Waals surface area (Å²) in [7, 11) is 0. The zero-order chi connectivity index (χ0) is 13.0. The lowest BCUT2D eigenvalue weighted by Gasteiger charge is -2.34. The van der Waals surface area contributed by atoms with Gasteiger partial charge >= 0.3 is 0 Å². The molecule has 3 heteroatoms. The second-order valence-electron chi connectivity index (χ2n) is 5.34. The van der Waals surface area contributed by atoms with Crippen molar-refractivity contribution in [3.05, 3.63) is 34.9 Å². The molecule has 1 aliphatic heterocycles. The minimum absolute atomic E-state index is 0.275. The normalized spacial score (nSPS) is 18.2. The summed E-state index contributed by atoms with van der Waals surface area (Å²) in [6.07, 6.45) is 0. The largest absolute Gasteiger partial charge is 0.395 e. The summed E-state index contributed by atoms with van der Waals surface area (Å²) >= 11 is 0. The number of hydrogen-bond donors (Lipinski definition) is 1. The van der Waals surface area contributed by atoms with Crippen molar-refractivity contribution in [3.63, 3.8) is 0 Å². The van der Waals surface area contributed by atoms with Crippen molar-refractivity contribution in [1.29, 1.82) is 0 Å². The fraction of sp³-hybridized carbons (Fsp3) is 0.600. The molecular formula is C15H24N2O. The third-order valence-corrected chi connectivity index (χ3v) is 3.57. The van der Waals surface area contributed by atoms with Gasteiger partial charge in [-0.3, -0.25) is 9.80 Å². The van der Waals surface area contributed by atoms with Gasteiger partial charge < -0.3 is 5.11 Å². The number of nitrogens with zero attached hydrogens (tertiary/aromatic N) is 2. The highest BCUT2D eigenvalue weighted by Crippen LogP contribution is 2.12. The van der Waals surface area contributed by atoms with Gasteiger partial charge in [0.25, 0.3) is 0 Å². The summed E-state index contributed by atoms with van der Waals surface area (Å²) in [6.45, 7) is 10.8. The molecule has 0 radical (unpaired) electrons. The first-order valence-corrected chi connectivity index (χ1v) is 6.80. The Hall–Kier alpha value is -0.900. The molecule has 0 atom stereocenters. The molecular weight excluding hydrogens is 224 g/mol. The molecule has 0 aliphatic carbocycles. The maximum Gasteiger partial charge on any atom is 0.0558 e. The van der Waals surface area contributed by atoms with Gasteiger partial charge in [-0.1, -0.05) is 29.3 Å². The summed E-state index contributed by atoms with van der Waals surface area (Å²) in [5.41, 5.74) is 4.12. The summed E-state index contributed by atoms with van der Waals surface area (Å²) < 4.78 is 0. The van der Waals surface area contributed by atoms with Crippen LogP contribution in [0.1, 0.15) is 16.7 Å². The van der Waals surface area contributed by atoms with Gasteiger partial charge in [0.15, 0.2) is 0 Å². The molecule has 1 N–H and O–H groups in total. The van der Waals surface area contributed by atoms with Crippen molar-refractivity contribution in [3.8, 4) is 0 Å². The van der Waals surface area contributed by atoms with Crippen LogP contribution in [0, 0.1) is 13.8 Å². The lowest BCUT2D eigenvalue weighted by molar-refractivity contribution is 0.108. The van der Waals surface area contributed by atoms with Crippen molar-refractivity contribution in [2.75, 3.05) is 39.3 Å². The second kappa shape index (κ2) is 6.32. The lowest BCUT2D eigenvalue weighted by Crippen LogP contribution is -2.46. The minimum Gasteiger partial charge on any atom is -0.395 e. The van der Waals surface area contributed by atoms with Crippen LogP contribution in [0.2, 0.25) is 0 Å². The third kappa shape index (κ3) is 3.80. The summed E-state index contributed by atoms with van der Waals surface area (Å²) in [4.78, 5) is 4.83. The average molecular weight is 248 g/mol. The van der Waals surface area contributed by atoms with Crippen molar-refractivity contribution >= 4 is 0 Å². The van der Waals surface area contributed by atoms with E-state index in [1.165, 1.54) is 16.7 Å². The molecule has 18 heavy (non-hydrogen) atoms. The van der Waals surface area contributed by atoms with E-state index in [1.807, 2.05) is 0 Å². The number of hydrogen-bond acceptors (Lipinski definition) is 3. The van der Waals surface area contributed by atoms with Crippen LogP contribution >= 0.6 is 0 Å². The van der Waals surface area contributed by atoms with Gasteiger partial charge in [0, 0.05) is 39.3 Å². The molecule has 0 spiro atoms. The van der Waals surface area contributed by atoms with Gasteiger partial charge in [-0.2, -0.15) is 0 Å². The van der Waals surface area contributed by atoms with Crippen LogP contribution < -0.4 is 0 Å². The van der Waals surface area contributed by atoms with E-state index in [1.54, 1.807) is 0 Å². The molecule has 2 rings (SSSR count). The van der Waals surface area contributed by atoms with Gasteiger partial charge in [0.2, 0.25) is 0 Å². The zero-order valence-electron chi connectivity index (χ0n) is 11.5. The smallest absolute Gasteiger partial charge is 0.0558 e. The highest BCUT2D eigenvalue weighted by atomic mass is 16.3. The number of aliphatic hydroxyl groups is 1. The van der Waals surface area contributed by atoms with Gasteiger partial charge in [-0.05, 0) is 19.4 Å². The molecule has 3 nitrogen and oxygen atoms in total. The SMILES string of the molecule is Cc1cc(C)cc(CN2CCN(CCO)CC2)c1. The van der Waals surface area contributed by atoms with E-state index in [-0.39, 0.29) is 6.61 Å². The highest BCUT2D eigenvalue weighted by Gasteiger charge is 2.16. The van der Waals surface area contributed by atoms with E-state index in [4.69, 9.17) is 5.11 Å². The summed E-state index contributed by atoms with van der Waals surface area (Å²) in [6, 6.07) is 6.79. The fourth-order valence-corrected chi connectivity index (χ4v) is 2.73. The number of piperazine rings is 1. The Kier molecular flexibility index (Phi) is 4.75. The molecule has 1 fully saturated rings. The molecule has 1 saturated heterocycles. The van der Waals surface area contributed by atoms with Gasteiger partial charge in [-0.15, -0.1) is 0 Å². The molecule has 1 aromatic rings. The van der Waals surface area contributed by atoms with Gasteiger partial charge in [0.1, 0.15) is 0 Å². The first kappa shape index (κ1) is 13.5. The van der Waals surface area contributed by atoms with Crippen LogP contribution in [0.25, 0.3) is 0 Å². The molecule has 0 aromatic heterocycles. The first-order valence-electron chi connectivity index (χ1n) is 6.80. The van der Waals surface area contributed by atoms with E-state index in [0.717, 1.165) is 39.3 Å². The van der Waals surface area contributed by atoms with E-state index >= 15 is 0 Å². The van der Waals surface area contributed by atoms with E-state index in [9.17, 15) is 0 Å². The Labute approximate surface area is 110 Å². The molecule has 0 amide bonds. The topological polar surface area (TPSA) is 26.7 Å². The minimum atomic E-state index is 0.275. The third-order valence-electron chi connectivity index (χ3n) is 3.57. The summed E-state index contributed by atoms with van der Waals surface area (Å²) in [5.74, 6) is 0. The molecule has 1 heterocycles. The highest BCUT2D eigenvalue weighted by molar-refractivity contribution is 5.28. The van der Waals surface area contributed by atoms with Crippen molar-refractivity contribution in [2.45, 2.75) is 20.4 Å². The number of rotatable bonds is 4. The summed E-state index contributed by atoms with van der Waals surface area (Å²) in [5, 5.41) is 8.93. The predicted octanol–water partition coefficient (Wildman–Crippen LogP) is 1.41. The Morgan fingerprint density at radius 1 is 0.944 bits per heavy atom. The molecule has 0 bridgehead atoms. The van der Waals surface area contributed by atoms with Crippen LogP contribution in [-0.2, 0) is 6.54 Å². The first-order chi connectivity index (χ1) is 8.67. The van der Waals surface area contributed by atoms with Crippen LogP contribution in [0.4, 0.5) is 0 Å². The number of aliphatic hydroxyl groups excluding tert-OH is 1. The number of β-amino-alcohol motifs (C(OH)–C–C–N with tert-alkyl or cyclic N) is 1. The quantitative estimate of drug-likeness (QED) is 0.873. The fourth-order valence-electron chi connectivity index (χ4n) is 2.73. The molecule has 0 unspecified atom stereocenters.